The molecule has 0 radical (unpaired) electrons. The van der Waals surface area contributed by atoms with Gasteiger partial charge in [-0.3, -0.25) is 0 Å². The van der Waals surface area contributed by atoms with Gasteiger partial charge in [-0.15, -0.1) is 0 Å². The number of hydrogen-bond donors (Lipinski definition) is 2. The molecule has 0 spiro atoms. The van der Waals surface area contributed by atoms with Crippen molar-refractivity contribution in [3.8, 4) is 0 Å². The molecule has 2 N–H and O–H groups in total. The van der Waals surface area contributed by atoms with E-state index >= 15 is 0 Å². The van der Waals surface area contributed by atoms with Crippen molar-refractivity contribution < 1.29 is 10.2 Å². The molecule has 2 unspecified atom stereocenters. The minimum absolute atomic E-state index is 0.405. The molecule has 0 heterocycles. The van der Waals surface area contributed by atoms with E-state index in [9.17, 15) is 10.2 Å². The Balaban J connectivity index is 2.59. The Bertz CT molecular complexity index is 265. The average Bonchev–Trinajstić information content (AvgIpc) is 2.02. The lowest BCUT2D eigenvalue weighted by atomic mass is 9.91. The van der Waals surface area contributed by atoms with Crippen molar-refractivity contribution in [1.82, 2.24) is 0 Å². The van der Waals surface area contributed by atoms with E-state index in [1.807, 2.05) is 30.3 Å². The first-order chi connectivity index (χ1) is 6.49. The van der Waals surface area contributed by atoms with Crippen molar-refractivity contribution >= 4 is 0 Å². The third-order valence-electron chi connectivity index (χ3n) is 2.16. The molecule has 2 nitrogen and oxygen atoms in total. The van der Waals surface area contributed by atoms with E-state index in [-0.39, 0.29) is 0 Å². The van der Waals surface area contributed by atoms with Crippen LogP contribution in [-0.2, 0) is 6.42 Å². The summed E-state index contributed by atoms with van der Waals surface area (Å²) < 4.78 is 0. The fourth-order valence-electron chi connectivity index (χ4n) is 1.74. The van der Waals surface area contributed by atoms with Crippen LogP contribution in [0.1, 0.15) is 25.8 Å². The van der Waals surface area contributed by atoms with Gasteiger partial charge < -0.3 is 10.2 Å². The Hall–Kier alpha value is -0.860. The van der Waals surface area contributed by atoms with Crippen LogP contribution in [0.3, 0.4) is 0 Å². The van der Waals surface area contributed by atoms with Crippen LogP contribution in [0.5, 0.6) is 0 Å². The number of hydrogen-bond acceptors (Lipinski definition) is 2. The molecule has 0 aromatic heterocycles. The monoisotopic (exact) mass is 194 g/mol. The summed E-state index contributed by atoms with van der Waals surface area (Å²) in [5.74, 6) is 0. The molecule has 0 fully saturated rings. The summed E-state index contributed by atoms with van der Waals surface area (Å²) in [6, 6.07) is 9.82. The highest BCUT2D eigenvalue weighted by molar-refractivity contribution is 5.16. The second-order valence-corrected chi connectivity index (χ2v) is 4.21. The van der Waals surface area contributed by atoms with Crippen LogP contribution in [0, 0.1) is 0 Å². The lowest BCUT2D eigenvalue weighted by molar-refractivity contribution is 0.00985. The summed E-state index contributed by atoms with van der Waals surface area (Å²) in [4.78, 5) is 0. The molecule has 2 atom stereocenters. The van der Waals surface area contributed by atoms with Crippen LogP contribution in [0.25, 0.3) is 0 Å². The largest absolute Gasteiger partial charge is 0.393 e. The van der Waals surface area contributed by atoms with Crippen LogP contribution in [0.15, 0.2) is 30.3 Å². The van der Waals surface area contributed by atoms with Crippen LogP contribution in [0.4, 0.5) is 0 Å². The van der Waals surface area contributed by atoms with E-state index in [1.165, 1.54) is 0 Å². The molecule has 0 aliphatic carbocycles. The molecule has 0 aliphatic heterocycles. The molecule has 0 saturated heterocycles. The van der Waals surface area contributed by atoms with Crippen LogP contribution in [-0.4, -0.2) is 21.9 Å². The first-order valence-electron chi connectivity index (χ1n) is 4.94. The molecule has 1 rings (SSSR count). The Morgan fingerprint density at radius 2 is 1.86 bits per heavy atom. The number of rotatable bonds is 4. The van der Waals surface area contributed by atoms with Crippen molar-refractivity contribution in [2.75, 3.05) is 0 Å². The van der Waals surface area contributed by atoms with Crippen molar-refractivity contribution in [2.24, 2.45) is 0 Å². The van der Waals surface area contributed by atoms with Gasteiger partial charge in [0.05, 0.1) is 11.7 Å². The zero-order valence-electron chi connectivity index (χ0n) is 8.77. The summed E-state index contributed by atoms with van der Waals surface area (Å²) in [5, 5.41) is 19.2. The molecule has 2 heteroatoms. The van der Waals surface area contributed by atoms with Crippen molar-refractivity contribution in [2.45, 2.75) is 38.4 Å². The van der Waals surface area contributed by atoms with Gasteiger partial charge in [-0.1, -0.05) is 30.3 Å². The van der Waals surface area contributed by atoms with Gasteiger partial charge in [0.15, 0.2) is 0 Å². The number of aliphatic hydroxyl groups excluding tert-OH is 1. The predicted molar refractivity (Wildman–Crippen MR) is 57.1 cm³/mol. The van der Waals surface area contributed by atoms with Gasteiger partial charge in [0.25, 0.3) is 0 Å². The second-order valence-electron chi connectivity index (χ2n) is 4.21. The summed E-state index contributed by atoms with van der Waals surface area (Å²) in [7, 11) is 0. The first-order valence-corrected chi connectivity index (χ1v) is 4.94. The first kappa shape index (κ1) is 11.2. The fraction of sp³-hybridized carbons (Fsp3) is 0.500. The Kier molecular flexibility index (Phi) is 3.67. The van der Waals surface area contributed by atoms with Crippen molar-refractivity contribution in [1.29, 1.82) is 0 Å². The summed E-state index contributed by atoms with van der Waals surface area (Å²) in [6.45, 7) is 3.45. The molecule has 0 amide bonds. The zero-order chi connectivity index (χ0) is 10.6. The average molecular weight is 194 g/mol. The second kappa shape index (κ2) is 4.58. The third kappa shape index (κ3) is 3.90. The molecule has 1 aromatic carbocycles. The highest BCUT2D eigenvalue weighted by atomic mass is 16.3. The Labute approximate surface area is 85.2 Å². The third-order valence-corrected chi connectivity index (χ3v) is 2.16. The molecule has 14 heavy (non-hydrogen) atoms. The summed E-state index contributed by atoms with van der Waals surface area (Å²) >= 11 is 0. The molecule has 0 bridgehead atoms. The van der Waals surface area contributed by atoms with Gasteiger partial charge in [0, 0.05) is 12.8 Å². The lowest BCUT2D eigenvalue weighted by Gasteiger charge is -2.24. The van der Waals surface area contributed by atoms with E-state index in [4.69, 9.17) is 0 Å². The maximum absolute atomic E-state index is 9.98. The van der Waals surface area contributed by atoms with E-state index < -0.39 is 11.7 Å². The van der Waals surface area contributed by atoms with Gasteiger partial charge in [0.1, 0.15) is 0 Å². The molecular formula is C12H18O2. The van der Waals surface area contributed by atoms with Crippen molar-refractivity contribution in [3.05, 3.63) is 35.9 Å². The van der Waals surface area contributed by atoms with E-state index in [0.717, 1.165) is 5.56 Å². The Morgan fingerprint density at radius 3 is 2.36 bits per heavy atom. The van der Waals surface area contributed by atoms with E-state index in [2.05, 4.69) is 0 Å². The highest BCUT2D eigenvalue weighted by Gasteiger charge is 2.22. The maximum atomic E-state index is 9.98. The van der Waals surface area contributed by atoms with Crippen LogP contribution >= 0.6 is 0 Å². The smallest absolute Gasteiger partial charge is 0.0684 e. The Morgan fingerprint density at radius 1 is 1.29 bits per heavy atom. The molecule has 0 aliphatic rings. The highest BCUT2D eigenvalue weighted by Crippen LogP contribution is 2.18. The maximum Gasteiger partial charge on any atom is 0.0684 e. The van der Waals surface area contributed by atoms with Gasteiger partial charge in [0.2, 0.25) is 0 Å². The standard InChI is InChI=1S/C12H18O2/c1-10(13)8-12(2,14)9-11-6-4-3-5-7-11/h3-7,10,13-14H,8-9H2,1-2H3. The SMILES string of the molecule is CC(O)CC(C)(O)Cc1ccccc1. The number of aliphatic hydroxyl groups is 2. The quantitative estimate of drug-likeness (QED) is 0.766. The van der Waals surface area contributed by atoms with E-state index in [1.54, 1.807) is 13.8 Å². The van der Waals surface area contributed by atoms with Crippen LogP contribution in [0.2, 0.25) is 0 Å². The normalized spacial score (nSPS) is 17.4. The van der Waals surface area contributed by atoms with Gasteiger partial charge in [-0.05, 0) is 19.4 Å². The predicted octanol–water partition coefficient (Wildman–Crippen LogP) is 1.75. The topological polar surface area (TPSA) is 40.5 Å². The molecule has 78 valence electrons. The molecule has 1 aromatic rings. The van der Waals surface area contributed by atoms with Gasteiger partial charge >= 0.3 is 0 Å². The number of benzene rings is 1. The summed E-state index contributed by atoms with van der Waals surface area (Å²) in [6.07, 6.45) is 0.523. The lowest BCUT2D eigenvalue weighted by Crippen LogP contribution is -2.31. The minimum atomic E-state index is -0.824. The molecule has 0 saturated carbocycles. The molecular weight excluding hydrogens is 176 g/mol. The zero-order valence-corrected chi connectivity index (χ0v) is 8.77. The van der Waals surface area contributed by atoms with Crippen LogP contribution < -0.4 is 0 Å². The minimum Gasteiger partial charge on any atom is -0.393 e. The van der Waals surface area contributed by atoms with Gasteiger partial charge in [-0.2, -0.15) is 0 Å². The van der Waals surface area contributed by atoms with Gasteiger partial charge in [-0.25, -0.2) is 0 Å². The van der Waals surface area contributed by atoms with E-state index in [0.29, 0.717) is 12.8 Å². The van der Waals surface area contributed by atoms with Crippen molar-refractivity contribution in [3.63, 3.8) is 0 Å². The summed E-state index contributed by atoms with van der Waals surface area (Å²) in [5.41, 5.74) is 0.272. The fourth-order valence-corrected chi connectivity index (χ4v) is 1.74.